The minimum Gasteiger partial charge on any atom is -0.480 e. The van der Waals surface area contributed by atoms with E-state index in [0.717, 1.165) is 5.56 Å². The van der Waals surface area contributed by atoms with Crippen molar-refractivity contribution in [3.63, 3.8) is 0 Å². The van der Waals surface area contributed by atoms with Crippen molar-refractivity contribution >= 4 is 35.5 Å². The van der Waals surface area contributed by atoms with Crippen LogP contribution in [-0.4, -0.2) is 76.2 Å². The van der Waals surface area contributed by atoms with Gasteiger partial charge in [0.05, 0.1) is 0 Å². The molecule has 0 saturated carbocycles. The van der Waals surface area contributed by atoms with Crippen LogP contribution in [0.15, 0.2) is 41.6 Å². The summed E-state index contributed by atoms with van der Waals surface area (Å²) >= 11 is 1.40. The van der Waals surface area contributed by atoms with Crippen LogP contribution in [0.5, 0.6) is 0 Å². The van der Waals surface area contributed by atoms with E-state index in [2.05, 4.69) is 0 Å². The second-order valence-electron chi connectivity index (χ2n) is 6.84. The summed E-state index contributed by atoms with van der Waals surface area (Å²) in [5, 5.41) is 8.95. The summed E-state index contributed by atoms with van der Waals surface area (Å²) in [4.78, 5) is 51.2. The minimum absolute atomic E-state index is 0.0594. The van der Waals surface area contributed by atoms with E-state index in [0.29, 0.717) is 11.3 Å². The monoisotopic (exact) mass is 434 g/mol. The molecule has 2 heterocycles. The molecule has 0 radical (unpaired) electrons. The molecule has 10 heteroatoms. The number of nitrogens with zero attached hydrogens (tertiary/aromatic N) is 2. The number of carboxylic acids is 1. The lowest BCUT2D eigenvalue weighted by Gasteiger charge is -2.49. The Hall–Kier alpha value is -2.85. The average molecular weight is 434 g/mol. The van der Waals surface area contributed by atoms with Crippen LogP contribution in [0.1, 0.15) is 12.5 Å². The second kappa shape index (κ2) is 9.31. The second-order valence-corrected chi connectivity index (χ2v) is 7.94. The standard InChI is InChI=1S/C20H22N2O7S/c1-12(23)29-10-14-11-30-20-17(28-2)19(27)22(20)16(14)18(26)21(9-15(24)25)8-13-6-4-3-5-7-13/h3-7,17,20H,8-11H2,1-2H3,(H,24,25)/t17-,20+/m0/s1. The van der Waals surface area contributed by atoms with E-state index in [1.807, 2.05) is 6.07 Å². The van der Waals surface area contributed by atoms with Crippen LogP contribution in [0.25, 0.3) is 0 Å². The predicted molar refractivity (Wildman–Crippen MR) is 107 cm³/mol. The molecule has 0 unspecified atom stereocenters. The highest BCUT2D eigenvalue weighted by molar-refractivity contribution is 8.00. The van der Waals surface area contributed by atoms with Crippen LogP contribution in [-0.2, 0) is 35.2 Å². The summed E-state index contributed by atoms with van der Waals surface area (Å²) in [6, 6.07) is 8.97. The number of thioether (sulfide) groups is 1. The van der Waals surface area contributed by atoms with Gasteiger partial charge in [0.2, 0.25) is 0 Å². The molecular formula is C20H22N2O7S. The Balaban J connectivity index is 1.95. The van der Waals surface area contributed by atoms with Gasteiger partial charge in [0.15, 0.2) is 6.10 Å². The molecule has 1 aromatic carbocycles. The number of fused-ring (bicyclic) bond motifs is 1. The normalized spacial score (nSPS) is 20.3. The van der Waals surface area contributed by atoms with Gasteiger partial charge in [-0.25, -0.2) is 0 Å². The van der Waals surface area contributed by atoms with Crippen molar-refractivity contribution in [2.24, 2.45) is 0 Å². The molecular weight excluding hydrogens is 412 g/mol. The number of hydrogen-bond acceptors (Lipinski definition) is 7. The Kier molecular flexibility index (Phi) is 6.78. The maximum Gasteiger partial charge on any atom is 0.323 e. The number of rotatable bonds is 8. The zero-order chi connectivity index (χ0) is 21.8. The molecule has 0 bridgehead atoms. The predicted octanol–water partition coefficient (Wildman–Crippen LogP) is 0.847. The van der Waals surface area contributed by atoms with E-state index >= 15 is 0 Å². The number of ether oxygens (including phenoxy) is 2. The molecule has 160 valence electrons. The lowest BCUT2D eigenvalue weighted by atomic mass is 10.0. The molecule has 0 aliphatic carbocycles. The topological polar surface area (TPSA) is 113 Å². The van der Waals surface area contributed by atoms with Crippen LogP contribution >= 0.6 is 11.8 Å². The first kappa shape index (κ1) is 21.8. The van der Waals surface area contributed by atoms with Crippen molar-refractivity contribution in [3.05, 3.63) is 47.2 Å². The number of β-lactam (4-membered cyclic amide) rings is 1. The van der Waals surface area contributed by atoms with Gasteiger partial charge in [-0.3, -0.25) is 24.1 Å². The molecule has 2 atom stereocenters. The fourth-order valence-corrected chi connectivity index (χ4v) is 4.70. The Morgan fingerprint density at radius 1 is 1.27 bits per heavy atom. The average Bonchev–Trinajstić information content (AvgIpc) is 2.71. The summed E-state index contributed by atoms with van der Waals surface area (Å²) < 4.78 is 10.3. The summed E-state index contributed by atoms with van der Waals surface area (Å²) in [7, 11) is 1.42. The quantitative estimate of drug-likeness (QED) is 0.473. The van der Waals surface area contributed by atoms with Gasteiger partial charge in [0.25, 0.3) is 11.8 Å². The van der Waals surface area contributed by atoms with Crippen molar-refractivity contribution in [1.82, 2.24) is 9.80 Å². The number of methoxy groups -OCH3 is 1. The van der Waals surface area contributed by atoms with Gasteiger partial charge in [-0.15, -0.1) is 11.8 Å². The first-order valence-electron chi connectivity index (χ1n) is 9.21. The van der Waals surface area contributed by atoms with E-state index < -0.39 is 30.5 Å². The molecule has 2 aliphatic heterocycles. The Morgan fingerprint density at radius 3 is 2.57 bits per heavy atom. The number of carbonyl (C=O) groups excluding carboxylic acids is 3. The number of carboxylic acid groups (broad SMARTS) is 1. The smallest absolute Gasteiger partial charge is 0.323 e. The van der Waals surface area contributed by atoms with Gasteiger partial charge in [0.1, 0.15) is 24.2 Å². The van der Waals surface area contributed by atoms with Crippen molar-refractivity contribution < 1.29 is 33.8 Å². The Bertz CT molecular complexity index is 886. The minimum atomic E-state index is -1.17. The number of esters is 1. The summed E-state index contributed by atoms with van der Waals surface area (Å²) in [5.41, 5.74) is 1.28. The van der Waals surface area contributed by atoms with E-state index in [4.69, 9.17) is 9.47 Å². The first-order valence-corrected chi connectivity index (χ1v) is 10.3. The summed E-state index contributed by atoms with van der Waals surface area (Å²) in [6.07, 6.45) is -0.671. The number of hydrogen-bond donors (Lipinski definition) is 1. The van der Waals surface area contributed by atoms with Crippen LogP contribution in [0.2, 0.25) is 0 Å². The van der Waals surface area contributed by atoms with Crippen molar-refractivity contribution in [2.45, 2.75) is 24.9 Å². The Morgan fingerprint density at radius 2 is 1.97 bits per heavy atom. The third kappa shape index (κ3) is 4.49. The molecule has 1 N–H and O–H groups in total. The molecule has 1 fully saturated rings. The van der Waals surface area contributed by atoms with Crippen LogP contribution in [0, 0.1) is 0 Å². The Labute approximate surface area is 177 Å². The van der Waals surface area contributed by atoms with Gasteiger partial charge in [-0.05, 0) is 5.56 Å². The molecule has 1 aromatic rings. The van der Waals surface area contributed by atoms with Gasteiger partial charge in [-0.2, -0.15) is 0 Å². The molecule has 9 nitrogen and oxygen atoms in total. The highest BCUT2D eigenvalue weighted by Crippen LogP contribution is 2.42. The van der Waals surface area contributed by atoms with Crippen LogP contribution in [0.3, 0.4) is 0 Å². The van der Waals surface area contributed by atoms with Gasteiger partial charge in [0, 0.05) is 31.9 Å². The zero-order valence-corrected chi connectivity index (χ0v) is 17.4. The van der Waals surface area contributed by atoms with Crippen LogP contribution in [0.4, 0.5) is 0 Å². The fraction of sp³-hybridized carbons (Fsp3) is 0.400. The molecule has 30 heavy (non-hydrogen) atoms. The maximum atomic E-state index is 13.4. The third-order valence-electron chi connectivity index (χ3n) is 4.73. The summed E-state index contributed by atoms with van der Waals surface area (Å²) in [6.45, 7) is 0.627. The van der Waals surface area contributed by atoms with E-state index in [1.165, 1.54) is 35.6 Å². The molecule has 0 aromatic heterocycles. The maximum absolute atomic E-state index is 13.4. The third-order valence-corrected chi connectivity index (χ3v) is 6.05. The highest BCUT2D eigenvalue weighted by Gasteiger charge is 2.54. The SMILES string of the molecule is CO[C@H]1C(=O)N2C(C(=O)N(CC(=O)O)Cc3ccccc3)=C(COC(C)=O)CS[C@H]12. The zero-order valence-electron chi connectivity index (χ0n) is 16.6. The molecule has 2 aliphatic rings. The van der Waals surface area contributed by atoms with Crippen LogP contribution < -0.4 is 0 Å². The van der Waals surface area contributed by atoms with Crippen molar-refractivity contribution in [1.29, 1.82) is 0 Å². The first-order chi connectivity index (χ1) is 14.3. The molecule has 3 rings (SSSR count). The highest BCUT2D eigenvalue weighted by atomic mass is 32.2. The molecule has 2 amide bonds. The largest absolute Gasteiger partial charge is 0.480 e. The fourth-order valence-electron chi connectivity index (χ4n) is 3.35. The van der Waals surface area contributed by atoms with Crippen molar-refractivity contribution in [3.8, 4) is 0 Å². The number of carbonyl (C=O) groups is 4. The van der Waals surface area contributed by atoms with E-state index in [9.17, 15) is 24.3 Å². The van der Waals surface area contributed by atoms with Gasteiger partial charge in [-0.1, -0.05) is 30.3 Å². The van der Waals surface area contributed by atoms with Gasteiger partial charge < -0.3 is 19.5 Å². The van der Waals surface area contributed by atoms with E-state index in [1.54, 1.807) is 24.3 Å². The number of amides is 2. The van der Waals surface area contributed by atoms with E-state index in [-0.39, 0.29) is 30.1 Å². The number of aliphatic carboxylic acids is 1. The number of benzene rings is 1. The molecule has 1 saturated heterocycles. The lowest BCUT2D eigenvalue weighted by Crippen LogP contribution is -2.66. The molecule has 0 spiro atoms. The lowest BCUT2D eigenvalue weighted by molar-refractivity contribution is -0.161. The van der Waals surface area contributed by atoms with Crippen molar-refractivity contribution in [2.75, 3.05) is 26.0 Å². The van der Waals surface area contributed by atoms with Gasteiger partial charge >= 0.3 is 11.9 Å². The summed E-state index contributed by atoms with van der Waals surface area (Å²) in [5.74, 6) is -2.31.